The van der Waals surface area contributed by atoms with Crippen molar-refractivity contribution in [3.8, 4) is 0 Å². The fraction of sp³-hybridized carbons (Fsp3) is 0.556. The number of amidine groups is 1. The monoisotopic (exact) mass is 229 g/mol. The van der Waals surface area contributed by atoms with E-state index in [0.717, 1.165) is 17.1 Å². The van der Waals surface area contributed by atoms with Crippen LogP contribution in [0.2, 0.25) is 0 Å². The number of nitrogens with one attached hydrogen (secondary N) is 1. The summed E-state index contributed by atoms with van der Waals surface area (Å²) in [4.78, 5) is 5.05. The molecular formula is C9H15N3O2S. The van der Waals surface area contributed by atoms with Crippen molar-refractivity contribution < 1.29 is 9.47 Å². The quantitative estimate of drug-likeness (QED) is 0.557. The van der Waals surface area contributed by atoms with Gasteiger partial charge in [0, 0.05) is 20.6 Å². The average Bonchev–Trinajstić information content (AvgIpc) is 2.59. The number of methoxy groups -OCH3 is 2. The van der Waals surface area contributed by atoms with E-state index >= 15 is 0 Å². The zero-order valence-electron chi connectivity index (χ0n) is 8.87. The second-order valence-electron chi connectivity index (χ2n) is 2.97. The first-order valence-electron chi connectivity index (χ1n) is 4.50. The van der Waals surface area contributed by atoms with Crippen LogP contribution in [0.1, 0.15) is 15.6 Å². The summed E-state index contributed by atoms with van der Waals surface area (Å²) >= 11 is 1.43. The van der Waals surface area contributed by atoms with Crippen molar-refractivity contribution in [1.82, 2.24) is 4.98 Å². The van der Waals surface area contributed by atoms with Crippen LogP contribution >= 0.6 is 11.3 Å². The van der Waals surface area contributed by atoms with E-state index in [2.05, 4.69) is 4.98 Å². The van der Waals surface area contributed by atoms with E-state index in [1.165, 1.54) is 11.3 Å². The van der Waals surface area contributed by atoms with E-state index in [1.807, 2.05) is 0 Å². The molecule has 0 bridgehead atoms. The van der Waals surface area contributed by atoms with Gasteiger partial charge in [0.05, 0.1) is 28.8 Å². The maximum atomic E-state index is 7.41. The molecule has 15 heavy (non-hydrogen) atoms. The molecule has 0 saturated heterocycles. The predicted molar refractivity (Wildman–Crippen MR) is 59.4 cm³/mol. The molecule has 0 saturated carbocycles. The minimum atomic E-state index is 0.0446. The second kappa shape index (κ2) is 5.79. The molecule has 0 spiro atoms. The van der Waals surface area contributed by atoms with Gasteiger partial charge in [0.1, 0.15) is 5.84 Å². The van der Waals surface area contributed by atoms with Crippen LogP contribution in [0.5, 0.6) is 0 Å². The van der Waals surface area contributed by atoms with Crippen LogP contribution in [0, 0.1) is 5.41 Å². The van der Waals surface area contributed by atoms with Crippen molar-refractivity contribution in [2.45, 2.75) is 13.0 Å². The lowest BCUT2D eigenvalue weighted by Crippen LogP contribution is -2.11. The van der Waals surface area contributed by atoms with Crippen molar-refractivity contribution in [1.29, 1.82) is 5.41 Å². The fourth-order valence-corrected chi connectivity index (χ4v) is 2.05. The number of nitrogens with zero attached hydrogens (tertiary/aromatic N) is 1. The van der Waals surface area contributed by atoms with Gasteiger partial charge >= 0.3 is 0 Å². The Hall–Kier alpha value is -0.980. The van der Waals surface area contributed by atoms with Crippen LogP contribution in [0.25, 0.3) is 0 Å². The Labute approximate surface area is 92.7 Å². The number of aromatic nitrogens is 1. The molecule has 0 fully saturated rings. The standard InChI is InChI=1S/C9H15N3O2S/c1-13-4-3-7-12-6(5-14-2)8(15-7)9(10)11/h3-5H2,1-2H3,(H3,10,11). The Morgan fingerprint density at radius 1 is 1.47 bits per heavy atom. The molecule has 0 radical (unpaired) electrons. The minimum Gasteiger partial charge on any atom is -0.384 e. The number of thiazole rings is 1. The zero-order valence-corrected chi connectivity index (χ0v) is 9.69. The van der Waals surface area contributed by atoms with Crippen molar-refractivity contribution in [2.24, 2.45) is 5.73 Å². The lowest BCUT2D eigenvalue weighted by molar-refractivity contribution is 0.181. The zero-order chi connectivity index (χ0) is 11.3. The molecule has 1 aromatic rings. The summed E-state index contributed by atoms with van der Waals surface area (Å²) in [5, 5.41) is 8.33. The Kier molecular flexibility index (Phi) is 4.67. The van der Waals surface area contributed by atoms with Crippen LogP contribution in [0.15, 0.2) is 0 Å². The Morgan fingerprint density at radius 2 is 2.20 bits per heavy atom. The van der Waals surface area contributed by atoms with Gasteiger partial charge in [0.2, 0.25) is 0 Å². The summed E-state index contributed by atoms with van der Waals surface area (Å²) in [7, 11) is 3.24. The molecule has 6 heteroatoms. The molecule has 0 unspecified atom stereocenters. The summed E-state index contributed by atoms with van der Waals surface area (Å²) in [5.74, 6) is 0.0446. The number of hydrogen-bond acceptors (Lipinski definition) is 5. The highest BCUT2D eigenvalue weighted by Crippen LogP contribution is 2.19. The topological polar surface area (TPSA) is 81.2 Å². The Bertz CT molecular complexity index is 338. The van der Waals surface area contributed by atoms with E-state index in [9.17, 15) is 0 Å². The summed E-state index contributed by atoms with van der Waals surface area (Å²) in [6, 6.07) is 0. The molecule has 0 aliphatic carbocycles. The van der Waals surface area contributed by atoms with Crippen molar-refractivity contribution in [3.05, 3.63) is 15.6 Å². The fourth-order valence-electron chi connectivity index (χ4n) is 1.14. The second-order valence-corrected chi connectivity index (χ2v) is 4.06. The number of ether oxygens (including phenoxy) is 2. The first-order valence-corrected chi connectivity index (χ1v) is 5.31. The van der Waals surface area contributed by atoms with Crippen LogP contribution in [0.3, 0.4) is 0 Å². The van der Waals surface area contributed by atoms with Gasteiger partial charge < -0.3 is 15.2 Å². The van der Waals surface area contributed by atoms with Gasteiger partial charge in [-0.2, -0.15) is 0 Å². The predicted octanol–water partition coefficient (Wildman–Crippen LogP) is 0.762. The largest absolute Gasteiger partial charge is 0.384 e. The maximum Gasteiger partial charge on any atom is 0.135 e. The van der Waals surface area contributed by atoms with Crippen LogP contribution < -0.4 is 5.73 Å². The average molecular weight is 229 g/mol. The Morgan fingerprint density at radius 3 is 2.73 bits per heavy atom. The molecular weight excluding hydrogens is 214 g/mol. The highest BCUT2D eigenvalue weighted by molar-refractivity contribution is 7.13. The normalized spacial score (nSPS) is 10.5. The molecule has 0 aromatic carbocycles. The van der Waals surface area contributed by atoms with Gasteiger partial charge in [-0.1, -0.05) is 0 Å². The summed E-state index contributed by atoms with van der Waals surface area (Å²) in [6.07, 6.45) is 0.741. The third-order valence-corrected chi connectivity index (χ3v) is 2.98. The molecule has 3 N–H and O–H groups in total. The smallest absolute Gasteiger partial charge is 0.135 e. The lowest BCUT2D eigenvalue weighted by atomic mass is 10.3. The van der Waals surface area contributed by atoms with Crippen LogP contribution in [-0.4, -0.2) is 31.6 Å². The molecule has 0 atom stereocenters. The van der Waals surface area contributed by atoms with Gasteiger partial charge in [-0.05, 0) is 0 Å². The van der Waals surface area contributed by atoms with Gasteiger partial charge in [-0.15, -0.1) is 11.3 Å². The molecule has 0 aliphatic rings. The van der Waals surface area contributed by atoms with E-state index in [4.69, 9.17) is 20.6 Å². The highest BCUT2D eigenvalue weighted by atomic mass is 32.1. The van der Waals surface area contributed by atoms with E-state index < -0.39 is 0 Å². The molecule has 5 nitrogen and oxygen atoms in total. The molecule has 1 aromatic heterocycles. The van der Waals surface area contributed by atoms with Gasteiger partial charge in [0.15, 0.2) is 0 Å². The first kappa shape index (κ1) is 12.1. The maximum absolute atomic E-state index is 7.41. The number of hydrogen-bond donors (Lipinski definition) is 2. The van der Waals surface area contributed by atoms with Crippen LogP contribution in [-0.2, 0) is 22.5 Å². The molecule has 1 heterocycles. The lowest BCUT2D eigenvalue weighted by Gasteiger charge is -1.97. The number of nitrogens with two attached hydrogens (primary N) is 1. The summed E-state index contributed by atoms with van der Waals surface area (Å²) in [6.45, 7) is 1.01. The van der Waals surface area contributed by atoms with E-state index in [-0.39, 0.29) is 5.84 Å². The molecule has 0 amide bonds. The Balaban J connectivity index is 2.83. The minimum absolute atomic E-state index is 0.0446. The third-order valence-electron chi connectivity index (χ3n) is 1.79. The SMILES string of the molecule is COCCc1nc(COC)c(C(=N)N)s1. The number of rotatable bonds is 6. The van der Waals surface area contributed by atoms with Crippen molar-refractivity contribution in [2.75, 3.05) is 20.8 Å². The van der Waals surface area contributed by atoms with Crippen LogP contribution in [0.4, 0.5) is 0 Å². The molecule has 84 valence electrons. The first-order chi connectivity index (χ1) is 7.19. The highest BCUT2D eigenvalue weighted by Gasteiger charge is 2.12. The summed E-state index contributed by atoms with van der Waals surface area (Å²) in [5.41, 5.74) is 6.19. The van der Waals surface area contributed by atoms with E-state index in [1.54, 1.807) is 14.2 Å². The third kappa shape index (κ3) is 3.26. The molecule has 0 aliphatic heterocycles. The van der Waals surface area contributed by atoms with Gasteiger partial charge in [-0.25, -0.2) is 4.98 Å². The van der Waals surface area contributed by atoms with Crippen molar-refractivity contribution in [3.63, 3.8) is 0 Å². The molecule has 1 rings (SSSR count). The van der Waals surface area contributed by atoms with Crippen molar-refractivity contribution >= 4 is 17.2 Å². The number of nitrogen functional groups attached to an aromatic ring is 1. The van der Waals surface area contributed by atoms with Gasteiger partial charge in [0.25, 0.3) is 0 Å². The van der Waals surface area contributed by atoms with Gasteiger partial charge in [-0.3, -0.25) is 5.41 Å². The van der Waals surface area contributed by atoms with E-state index in [0.29, 0.717) is 18.1 Å². The summed E-state index contributed by atoms with van der Waals surface area (Å²) < 4.78 is 9.96.